The molecule has 0 fully saturated rings. The van der Waals surface area contributed by atoms with Gasteiger partial charge in [-0.05, 0) is 26.3 Å². The van der Waals surface area contributed by atoms with Gasteiger partial charge >= 0.3 is 5.97 Å². The smallest absolute Gasteiger partial charge is 0.327 e. The Morgan fingerprint density at radius 3 is 2.25 bits per heavy atom. The van der Waals surface area contributed by atoms with Crippen LogP contribution in [0.2, 0.25) is 0 Å². The zero-order valence-corrected chi connectivity index (χ0v) is 10.3. The first-order chi connectivity index (χ1) is 7.44. The number of benzene rings is 1. The minimum atomic E-state index is -0.411. The van der Waals surface area contributed by atoms with E-state index < -0.39 is 6.04 Å². The number of hydrogen-bond donors (Lipinski definition) is 1. The van der Waals surface area contributed by atoms with Crippen LogP contribution in [0.15, 0.2) is 30.3 Å². The number of methoxy groups -OCH3 is 1. The van der Waals surface area contributed by atoms with E-state index in [2.05, 4.69) is 5.32 Å². The van der Waals surface area contributed by atoms with Gasteiger partial charge < -0.3 is 4.74 Å². The summed E-state index contributed by atoms with van der Waals surface area (Å²) in [6.07, 6.45) is 0. The molecule has 16 heavy (non-hydrogen) atoms. The average molecular weight is 221 g/mol. The van der Waals surface area contributed by atoms with Crippen LogP contribution in [0.25, 0.3) is 0 Å². The molecule has 0 amide bonds. The van der Waals surface area contributed by atoms with Crippen molar-refractivity contribution >= 4 is 5.97 Å². The normalized spacial score (nSPS) is 13.2. The summed E-state index contributed by atoms with van der Waals surface area (Å²) in [5, 5.41) is 3.25. The van der Waals surface area contributed by atoms with E-state index in [4.69, 9.17) is 4.74 Å². The molecule has 1 aromatic rings. The fraction of sp³-hybridized carbons (Fsp3) is 0.462. The van der Waals surface area contributed by atoms with E-state index in [1.165, 1.54) is 7.11 Å². The first-order valence-corrected chi connectivity index (χ1v) is 5.34. The van der Waals surface area contributed by atoms with Gasteiger partial charge in [0.25, 0.3) is 0 Å². The lowest BCUT2D eigenvalue weighted by Crippen LogP contribution is -2.42. The molecule has 0 unspecified atom stereocenters. The highest BCUT2D eigenvalue weighted by Gasteiger charge is 2.25. The fourth-order valence-electron chi connectivity index (χ4n) is 1.47. The molecule has 1 atom stereocenters. The number of rotatable bonds is 3. The Labute approximate surface area is 96.8 Å². The van der Waals surface area contributed by atoms with Crippen molar-refractivity contribution in [3.05, 3.63) is 35.9 Å². The minimum absolute atomic E-state index is 0.144. The summed E-state index contributed by atoms with van der Waals surface area (Å²) < 4.78 is 4.81. The number of esters is 1. The Morgan fingerprint density at radius 1 is 1.25 bits per heavy atom. The van der Waals surface area contributed by atoms with Crippen LogP contribution in [-0.2, 0) is 9.53 Å². The van der Waals surface area contributed by atoms with Gasteiger partial charge in [-0.15, -0.1) is 0 Å². The Balaban J connectivity index is 2.93. The molecule has 0 aliphatic carbocycles. The maximum atomic E-state index is 11.7. The van der Waals surface area contributed by atoms with Crippen LogP contribution in [-0.4, -0.2) is 18.6 Å². The van der Waals surface area contributed by atoms with Gasteiger partial charge in [-0.25, -0.2) is 4.79 Å². The molecule has 0 aliphatic heterocycles. The van der Waals surface area contributed by atoms with E-state index in [-0.39, 0.29) is 11.5 Å². The highest BCUT2D eigenvalue weighted by molar-refractivity contribution is 5.77. The number of carbonyl (C=O) groups excluding carboxylic acids is 1. The van der Waals surface area contributed by atoms with Gasteiger partial charge in [-0.2, -0.15) is 0 Å². The lowest BCUT2D eigenvalue weighted by atomic mass is 10.0. The van der Waals surface area contributed by atoms with E-state index >= 15 is 0 Å². The molecule has 0 saturated carbocycles. The van der Waals surface area contributed by atoms with Crippen molar-refractivity contribution in [2.75, 3.05) is 7.11 Å². The Bertz CT molecular complexity index is 341. The molecule has 0 saturated heterocycles. The van der Waals surface area contributed by atoms with Gasteiger partial charge in [0.05, 0.1) is 7.11 Å². The molecule has 88 valence electrons. The maximum Gasteiger partial charge on any atom is 0.327 e. The zero-order chi connectivity index (χ0) is 12.2. The SMILES string of the molecule is COC(=O)[C@H](NC(C)(C)C)c1ccccc1. The largest absolute Gasteiger partial charge is 0.468 e. The van der Waals surface area contributed by atoms with Crippen LogP contribution < -0.4 is 5.32 Å². The number of carbonyl (C=O) groups is 1. The van der Waals surface area contributed by atoms with Crippen LogP contribution in [0.4, 0.5) is 0 Å². The van der Waals surface area contributed by atoms with Crippen LogP contribution in [0.3, 0.4) is 0 Å². The fourth-order valence-corrected chi connectivity index (χ4v) is 1.47. The summed E-state index contributed by atoms with van der Waals surface area (Å²) in [7, 11) is 1.41. The van der Waals surface area contributed by atoms with Crippen LogP contribution >= 0.6 is 0 Å². The summed E-state index contributed by atoms with van der Waals surface area (Å²) in [5.74, 6) is -0.263. The molecule has 3 nitrogen and oxygen atoms in total. The van der Waals surface area contributed by atoms with Gasteiger partial charge in [0.15, 0.2) is 0 Å². The van der Waals surface area contributed by atoms with E-state index in [0.29, 0.717) is 0 Å². The molecule has 1 aromatic carbocycles. The third kappa shape index (κ3) is 3.66. The van der Waals surface area contributed by atoms with Gasteiger partial charge in [-0.3, -0.25) is 5.32 Å². The molecule has 0 aromatic heterocycles. The third-order valence-corrected chi connectivity index (χ3v) is 2.15. The molecule has 0 aliphatic rings. The maximum absolute atomic E-state index is 11.7. The van der Waals surface area contributed by atoms with E-state index in [1.807, 2.05) is 51.1 Å². The van der Waals surface area contributed by atoms with E-state index in [0.717, 1.165) is 5.56 Å². The van der Waals surface area contributed by atoms with Crippen LogP contribution in [0.5, 0.6) is 0 Å². The molecule has 0 bridgehead atoms. The Hall–Kier alpha value is -1.35. The second-order valence-corrected chi connectivity index (χ2v) is 4.76. The second-order valence-electron chi connectivity index (χ2n) is 4.76. The summed E-state index contributed by atoms with van der Waals surface area (Å²) in [5.41, 5.74) is 0.776. The molecule has 3 heteroatoms. The summed E-state index contributed by atoms with van der Waals surface area (Å²) in [6, 6.07) is 9.17. The van der Waals surface area contributed by atoms with Crippen molar-refractivity contribution in [3.8, 4) is 0 Å². The van der Waals surface area contributed by atoms with Crippen molar-refractivity contribution in [2.45, 2.75) is 32.4 Å². The average Bonchev–Trinajstić information content (AvgIpc) is 2.25. The van der Waals surface area contributed by atoms with E-state index in [9.17, 15) is 4.79 Å². The van der Waals surface area contributed by atoms with E-state index in [1.54, 1.807) is 0 Å². The van der Waals surface area contributed by atoms with Crippen LogP contribution in [0.1, 0.15) is 32.4 Å². The van der Waals surface area contributed by atoms with Gasteiger partial charge in [-0.1, -0.05) is 30.3 Å². The molecule has 0 radical (unpaired) electrons. The minimum Gasteiger partial charge on any atom is -0.468 e. The lowest BCUT2D eigenvalue weighted by Gasteiger charge is -2.27. The highest BCUT2D eigenvalue weighted by Crippen LogP contribution is 2.17. The van der Waals surface area contributed by atoms with Crippen molar-refractivity contribution < 1.29 is 9.53 Å². The second kappa shape index (κ2) is 5.12. The Morgan fingerprint density at radius 2 is 1.81 bits per heavy atom. The number of hydrogen-bond acceptors (Lipinski definition) is 3. The molecule has 1 rings (SSSR count). The van der Waals surface area contributed by atoms with Crippen molar-refractivity contribution in [3.63, 3.8) is 0 Å². The predicted octanol–water partition coefficient (Wildman–Crippen LogP) is 2.29. The van der Waals surface area contributed by atoms with Gasteiger partial charge in [0.2, 0.25) is 0 Å². The predicted molar refractivity (Wildman–Crippen MR) is 64.1 cm³/mol. The Kier molecular flexibility index (Phi) is 4.07. The summed E-state index contributed by atoms with van der Waals surface area (Å²) >= 11 is 0. The van der Waals surface area contributed by atoms with Crippen LogP contribution in [0, 0.1) is 0 Å². The van der Waals surface area contributed by atoms with Gasteiger partial charge in [0.1, 0.15) is 6.04 Å². The molecular weight excluding hydrogens is 202 g/mol. The molecule has 1 N–H and O–H groups in total. The van der Waals surface area contributed by atoms with Gasteiger partial charge in [0, 0.05) is 5.54 Å². The lowest BCUT2D eigenvalue weighted by molar-refractivity contribution is -0.143. The first-order valence-electron chi connectivity index (χ1n) is 5.34. The first kappa shape index (κ1) is 12.7. The number of nitrogens with one attached hydrogen (secondary N) is 1. The molecule has 0 spiro atoms. The molecule has 0 heterocycles. The zero-order valence-electron chi connectivity index (χ0n) is 10.3. The third-order valence-electron chi connectivity index (χ3n) is 2.15. The standard InChI is InChI=1S/C13H19NO2/c1-13(2,3)14-11(12(15)16-4)10-8-6-5-7-9-10/h5-9,11,14H,1-4H3/t11-/m1/s1. The highest BCUT2D eigenvalue weighted by atomic mass is 16.5. The summed E-state index contributed by atoms with van der Waals surface area (Å²) in [6.45, 7) is 6.06. The van der Waals surface area contributed by atoms with Crippen molar-refractivity contribution in [1.29, 1.82) is 0 Å². The number of ether oxygens (including phenoxy) is 1. The topological polar surface area (TPSA) is 38.3 Å². The molecular formula is C13H19NO2. The monoisotopic (exact) mass is 221 g/mol. The summed E-state index contributed by atoms with van der Waals surface area (Å²) in [4.78, 5) is 11.7. The van der Waals surface area contributed by atoms with Crippen molar-refractivity contribution in [1.82, 2.24) is 5.32 Å². The van der Waals surface area contributed by atoms with Crippen molar-refractivity contribution in [2.24, 2.45) is 0 Å². The quantitative estimate of drug-likeness (QED) is 0.796.